The Morgan fingerprint density at radius 3 is 2.37 bits per heavy atom. The molecule has 0 bridgehead atoms. The summed E-state index contributed by atoms with van der Waals surface area (Å²) in [6, 6.07) is 10.4. The monoisotopic (exact) mass is 263 g/mol. The lowest BCUT2D eigenvalue weighted by molar-refractivity contribution is -0.142. The Bertz CT molecular complexity index is 400. The molecule has 0 aliphatic carbocycles. The standard InChI is InChI=1S/C16H25NO2/c1-12(17-13(2)15(18)19-5)11-16(3,4)14-9-7-6-8-10-14/h6-10,12-13,17H,11H2,1-5H3. The average molecular weight is 263 g/mol. The van der Waals surface area contributed by atoms with Crippen LogP contribution in [0, 0.1) is 0 Å². The molecule has 0 aromatic heterocycles. The van der Waals surface area contributed by atoms with Gasteiger partial charge in [-0.3, -0.25) is 4.79 Å². The van der Waals surface area contributed by atoms with Crippen LogP contribution in [0.4, 0.5) is 0 Å². The van der Waals surface area contributed by atoms with Crippen LogP contribution in [0.15, 0.2) is 30.3 Å². The molecule has 3 nitrogen and oxygen atoms in total. The average Bonchev–Trinajstić information content (AvgIpc) is 2.38. The third kappa shape index (κ3) is 4.67. The van der Waals surface area contributed by atoms with Crippen LogP contribution in [0.5, 0.6) is 0 Å². The third-order valence-corrected chi connectivity index (χ3v) is 3.46. The molecule has 1 N–H and O–H groups in total. The first-order valence-corrected chi connectivity index (χ1v) is 6.76. The van der Waals surface area contributed by atoms with Crippen molar-refractivity contribution in [3.05, 3.63) is 35.9 Å². The maximum atomic E-state index is 11.4. The number of carbonyl (C=O) groups excluding carboxylic acids is 1. The Balaban J connectivity index is 2.61. The second kappa shape index (κ2) is 6.71. The SMILES string of the molecule is COC(=O)C(C)NC(C)CC(C)(C)c1ccccc1. The molecule has 1 rings (SSSR count). The Morgan fingerprint density at radius 1 is 1.26 bits per heavy atom. The van der Waals surface area contributed by atoms with Crippen molar-refractivity contribution in [2.24, 2.45) is 0 Å². The Kier molecular flexibility index (Phi) is 5.55. The van der Waals surface area contributed by atoms with Crippen molar-refractivity contribution in [3.63, 3.8) is 0 Å². The molecule has 2 atom stereocenters. The van der Waals surface area contributed by atoms with E-state index in [2.05, 4.69) is 50.4 Å². The van der Waals surface area contributed by atoms with Gasteiger partial charge in [-0.15, -0.1) is 0 Å². The minimum Gasteiger partial charge on any atom is -0.468 e. The van der Waals surface area contributed by atoms with Crippen molar-refractivity contribution in [2.75, 3.05) is 7.11 Å². The van der Waals surface area contributed by atoms with Gasteiger partial charge in [0, 0.05) is 6.04 Å². The molecule has 106 valence electrons. The van der Waals surface area contributed by atoms with Crippen LogP contribution in [0.25, 0.3) is 0 Å². The highest BCUT2D eigenvalue weighted by Gasteiger charge is 2.25. The molecule has 3 heteroatoms. The zero-order chi connectivity index (χ0) is 14.5. The van der Waals surface area contributed by atoms with Crippen LogP contribution < -0.4 is 5.32 Å². The third-order valence-electron chi connectivity index (χ3n) is 3.46. The van der Waals surface area contributed by atoms with E-state index in [0.717, 1.165) is 6.42 Å². The molecular weight excluding hydrogens is 238 g/mol. The van der Waals surface area contributed by atoms with E-state index >= 15 is 0 Å². The van der Waals surface area contributed by atoms with Crippen LogP contribution in [0.1, 0.15) is 39.7 Å². The first-order valence-electron chi connectivity index (χ1n) is 6.76. The summed E-state index contributed by atoms with van der Waals surface area (Å²) in [7, 11) is 1.42. The molecular formula is C16H25NO2. The van der Waals surface area contributed by atoms with Gasteiger partial charge in [-0.2, -0.15) is 0 Å². The van der Waals surface area contributed by atoms with Crippen LogP contribution >= 0.6 is 0 Å². The van der Waals surface area contributed by atoms with Gasteiger partial charge in [0.15, 0.2) is 0 Å². The number of carbonyl (C=O) groups is 1. The predicted molar refractivity (Wildman–Crippen MR) is 78.2 cm³/mol. The lowest BCUT2D eigenvalue weighted by Crippen LogP contribution is -2.43. The van der Waals surface area contributed by atoms with Crippen LogP contribution in [-0.2, 0) is 14.9 Å². The fraction of sp³-hybridized carbons (Fsp3) is 0.562. The second-order valence-electron chi connectivity index (χ2n) is 5.77. The summed E-state index contributed by atoms with van der Waals surface area (Å²) >= 11 is 0. The molecule has 0 saturated heterocycles. The molecule has 0 saturated carbocycles. The second-order valence-corrected chi connectivity index (χ2v) is 5.77. The van der Waals surface area contributed by atoms with Gasteiger partial charge in [-0.1, -0.05) is 44.2 Å². The molecule has 1 aromatic carbocycles. The largest absolute Gasteiger partial charge is 0.468 e. The fourth-order valence-corrected chi connectivity index (χ4v) is 2.50. The molecule has 19 heavy (non-hydrogen) atoms. The molecule has 0 aliphatic rings. The number of rotatable bonds is 6. The van der Waals surface area contributed by atoms with Gasteiger partial charge in [0.25, 0.3) is 0 Å². The van der Waals surface area contributed by atoms with Gasteiger partial charge < -0.3 is 10.1 Å². The predicted octanol–water partition coefficient (Wildman–Crippen LogP) is 2.89. The van der Waals surface area contributed by atoms with E-state index in [1.807, 2.05) is 13.0 Å². The van der Waals surface area contributed by atoms with E-state index in [1.54, 1.807) is 0 Å². The summed E-state index contributed by atoms with van der Waals surface area (Å²) in [6.45, 7) is 8.38. The summed E-state index contributed by atoms with van der Waals surface area (Å²) in [5, 5.41) is 3.28. The fourth-order valence-electron chi connectivity index (χ4n) is 2.50. The molecule has 2 unspecified atom stereocenters. The topological polar surface area (TPSA) is 38.3 Å². The van der Waals surface area contributed by atoms with Crippen LogP contribution in [-0.4, -0.2) is 25.2 Å². The van der Waals surface area contributed by atoms with Gasteiger partial charge in [0.1, 0.15) is 6.04 Å². The normalized spacial score (nSPS) is 14.8. The Morgan fingerprint density at radius 2 is 1.84 bits per heavy atom. The number of ether oxygens (including phenoxy) is 1. The summed E-state index contributed by atoms with van der Waals surface area (Å²) in [5.41, 5.74) is 1.39. The lowest BCUT2D eigenvalue weighted by Gasteiger charge is -2.30. The van der Waals surface area contributed by atoms with E-state index in [9.17, 15) is 4.79 Å². The van der Waals surface area contributed by atoms with Gasteiger partial charge >= 0.3 is 5.97 Å². The molecule has 0 spiro atoms. The molecule has 0 aliphatic heterocycles. The Labute approximate surface area is 116 Å². The number of nitrogens with one attached hydrogen (secondary N) is 1. The number of esters is 1. The smallest absolute Gasteiger partial charge is 0.322 e. The van der Waals surface area contributed by atoms with E-state index in [1.165, 1.54) is 12.7 Å². The highest BCUT2D eigenvalue weighted by atomic mass is 16.5. The van der Waals surface area contributed by atoms with Crippen molar-refractivity contribution >= 4 is 5.97 Å². The minimum atomic E-state index is -0.272. The van der Waals surface area contributed by atoms with Gasteiger partial charge in [0.2, 0.25) is 0 Å². The molecule has 0 amide bonds. The summed E-state index contributed by atoms with van der Waals surface area (Å²) in [6.07, 6.45) is 0.957. The van der Waals surface area contributed by atoms with E-state index in [-0.39, 0.29) is 23.5 Å². The number of methoxy groups -OCH3 is 1. The first kappa shape index (κ1) is 15.7. The summed E-state index contributed by atoms with van der Waals surface area (Å²) < 4.78 is 4.73. The number of benzene rings is 1. The van der Waals surface area contributed by atoms with Gasteiger partial charge in [-0.25, -0.2) is 0 Å². The van der Waals surface area contributed by atoms with Crippen molar-refractivity contribution < 1.29 is 9.53 Å². The quantitative estimate of drug-likeness (QED) is 0.802. The van der Waals surface area contributed by atoms with Crippen LogP contribution in [0.2, 0.25) is 0 Å². The Hall–Kier alpha value is -1.35. The van der Waals surface area contributed by atoms with E-state index in [0.29, 0.717) is 0 Å². The zero-order valence-electron chi connectivity index (χ0n) is 12.6. The minimum absolute atomic E-state index is 0.0729. The zero-order valence-corrected chi connectivity index (χ0v) is 12.6. The molecule has 0 fully saturated rings. The number of hydrogen-bond acceptors (Lipinski definition) is 3. The lowest BCUT2D eigenvalue weighted by atomic mass is 9.79. The molecule has 1 aromatic rings. The van der Waals surface area contributed by atoms with Crippen molar-refractivity contribution in [1.29, 1.82) is 0 Å². The van der Waals surface area contributed by atoms with Crippen molar-refractivity contribution in [2.45, 2.75) is 51.6 Å². The maximum Gasteiger partial charge on any atom is 0.322 e. The number of hydrogen-bond donors (Lipinski definition) is 1. The van der Waals surface area contributed by atoms with Gasteiger partial charge in [-0.05, 0) is 31.2 Å². The van der Waals surface area contributed by atoms with Crippen LogP contribution in [0.3, 0.4) is 0 Å². The molecule has 0 heterocycles. The highest BCUT2D eigenvalue weighted by molar-refractivity contribution is 5.75. The van der Waals surface area contributed by atoms with E-state index < -0.39 is 0 Å². The van der Waals surface area contributed by atoms with Crippen molar-refractivity contribution in [1.82, 2.24) is 5.32 Å². The summed E-state index contributed by atoms with van der Waals surface area (Å²) in [5.74, 6) is -0.218. The molecule has 0 radical (unpaired) electrons. The maximum absolute atomic E-state index is 11.4. The van der Waals surface area contributed by atoms with Gasteiger partial charge in [0.05, 0.1) is 7.11 Å². The first-order chi connectivity index (χ1) is 8.86. The van der Waals surface area contributed by atoms with Crippen molar-refractivity contribution in [3.8, 4) is 0 Å². The summed E-state index contributed by atoms with van der Waals surface area (Å²) in [4.78, 5) is 11.4. The highest BCUT2D eigenvalue weighted by Crippen LogP contribution is 2.28. The van der Waals surface area contributed by atoms with E-state index in [4.69, 9.17) is 4.74 Å².